The lowest BCUT2D eigenvalue weighted by Gasteiger charge is -2.23. The Balaban J connectivity index is 2.17. The van der Waals surface area contributed by atoms with Gasteiger partial charge in [0.15, 0.2) is 0 Å². The standard InChI is InChI=1S/C16H17BrClN3O5S/c1-10-13(17)7-12(26-10)8-19-20-16(22)9-21(27(3,23)24)14-6-11(18)4-5-15(14)25-2/h4-8H,9H2,1-3H3,(H,20,22)/b19-8+. The van der Waals surface area contributed by atoms with Crippen LogP contribution in [0.1, 0.15) is 11.5 Å². The second-order valence-corrected chi connectivity index (χ2v) is 8.63. The number of hydrogen-bond donors (Lipinski definition) is 1. The Kier molecular flexibility index (Phi) is 6.90. The van der Waals surface area contributed by atoms with Crippen molar-refractivity contribution in [3.05, 3.63) is 45.3 Å². The predicted octanol–water partition coefficient (Wildman–Crippen LogP) is 2.93. The van der Waals surface area contributed by atoms with Gasteiger partial charge in [0.2, 0.25) is 10.0 Å². The van der Waals surface area contributed by atoms with Crippen LogP contribution in [0.2, 0.25) is 5.02 Å². The second-order valence-electron chi connectivity index (χ2n) is 5.43. The molecule has 0 aliphatic rings. The van der Waals surface area contributed by atoms with Crippen molar-refractivity contribution in [1.82, 2.24) is 5.43 Å². The molecule has 27 heavy (non-hydrogen) atoms. The van der Waals surface area contributed by atoms with Crippen LogP contribution in [0.5, 0.6) is 5.75 Å². The monoisotopic (exact) mass is 477 g/mol. The van der Waals surface area contributed by atoms with E-state index in [-0.39, 0.29) is 11.4 Å². The van der Waals surface area contributed by atoms with E-state index >= 15 is 0 Å². The molecule has 1 aromatic carbocycles. The average molecular weight is 479 g/mol. The zero-order chi connectivity index (χ0) is 20.2. The number of nitrogens with one attached hydrogen (secondary N) is 1. The molecular weight excluding hydrogens is 462 g/mol. The molecule has 0 radical (unpaired) electrons. The van der Waals surface area contributed by atoms with Crippen LogP contribution >= 0.6 is 27.5 Å². The number of carbonyl (C=O) groups is 1. The quantitative estimate of drug-likeness (QED) is 0.487. The van der Waals surface area contributed by atoms with Gasteiger partial charge >= 0.3 is 0 Å². The second kappa shape index (κ2) is 8.77. The third-order valence-corrected chi connectivity index (χ3v) is 5.50. The van der Waals surface area contributed by atoms with Crippen LogP contribution in [0.4, 0.5) is 5.69 Å². The minimum absolute atomic E-state index is 0.150. The molecule has 2 rings (SSSR count). The Morgan fingerprint density at radius 2 is 2.15 bits per heavy atom. The van der Waals surface area contributed by atoms with Crippen LogP contribution in [0.25, 0.3) is 0 Å². The first-order valence-corrected chi connectivity index (χ1v) is 10.5. The van der Waals surface area contributed by atoms with E-state index in [0.717, 1.165) is 15.0 Å². The molecule has 11 heteroatoms. The van der Waals surface area contributed by atoms with E-state index in [4.69, 9.17) is 20.8 Å². The van der Waals surface area contributed by atoms with Crippen LogP contribution in [-0.4, -0.2) is 40.4 Å². The topological polar surface area (TPSA) is 101 Å². The fourth-order valence-electron chi connectivity index (χ4n) is 2.12. The largest absolute Gasteiger partial charge is 0.495 e. The van der Waals surface area contributed by atoms with E-state index in [1.54, 1.807) is 19.1 Å². The molecule has 1 amide bonds. The van der Waals surface area contributed by atoms with Crippen molar-refractivity contribution in [3.63, 3.8) is 0 Å². The van der Waals surface area contributed by atoms with Crippen LogP contribution < -0.4 is 14.5 Å². The Bertz CT molecular complexity index is 955. The highest BCUT2D eigenvalue weighted by Gasteiger charge is 2.24. The summed E-state index contributed by atoms with van der Waals surface area (Å²) in [6.07, 6.45) is 2.29. The smallest absolute Gasteiger partial charge is 0.260 e. The first-order valence-electron chi connectivity index (χ1n) is 7.51. The van der Waals surface area contributed by atoms with E-state index in [0.29, 0.717) is 16.5 Å². The fourth-order valence-corrected chi connectivity index (χ4v) is 3.44. The molecule has 146 valence electrons. The van der Waals surface area contributed by atoms with Gasteiger partial charge in [0.05, 0.1) is 29.7 Å². The number of halogens is 2. The van der Waals surface area contributed by atoms with Crippen LogP contribution in [0, 0.1) is 6.92 Å². The molecule has 0 spiro atoms. The average Bonchev–Trinajstić information content (AvgIpc) is 2.89. The number of aryl methyl sites for hydroxylation is 1. The maximum absolute atomic E-state index is 12.2. The summed E-state index contributed by atoms with van der Waals surface area (Å²) in [6.45, 7) is 1.26. The molecule has 0 saturated heterocycles. The number of hydrazone groups is 1. The van der Waals surface area contributed by atoms with Crippen molar-refractivity contribution >= 4 is 55.4 Å². The molecule has 0 saturated carbocycles. The van der Waals surface area contributed by atoms with Gasteiger partial charge in [-0.05, 0) is 41.1 Å². The molecule has 0 unspecified atom stereocenters. The molecule has 8 nitrogen and oxygen atoms in total. The maximum atomic E-state index is 12.2. The van der Waals surface area contributed by atoms with Gasteiger partial charge in [-0.3, -0.25) is 9.10 Å². The zero-order valence-corrected chi connectivity index (χ0v) is 17.9. The van der Waals surface area contributed by atoms with Gasteiger partial charge in [0.25, 0.3) is 5.91 Å². The Morgan fingerprint density at radius 1 is 1.44 bits per heavy atom. The van der Waals surface area contributed by atoms with E-state index in [1.807, 2.05) is 0 Å². The lowest BCUT2D eigenvalue weighted by atomic mass is 10.3. The van der Waals surface area contributed by atoms with Gasteiger partial charge in [-0.1, -0.05) is 11.6 Å². The molecule has 1 heterocycles. The number of benzene rings is 1. The van der Waals surface area contributed by atoms with Gasteiger partial charge in [0, 0.05) is 11.1 Å². The number of methoxy groups -OCH3 is 1. The van der Waals surface area contributed by atoms with E-state index < -0.39 is 22.5 Å². The Morgan fingerprint density at radius 3 is 2.70 bits per heavy atom. The van der Waals surface area contributed by atoms with Crippen molar-refractivity contribution < 1.29 is 22.4 Å². The highest BCUT2D eigenvalue weighted by molar-refractivity contribution is 9.10. The van der Waals surface area contributed by atoms with Gasteiger partial charge < -0.3 is 9.15 Å². The van der Waals surface area contributed by atoms with Gasteiger partial charge in [-0.25, -0.2) is 13.8 Å². The van der Waals surface area contributed by atoms with E-state index in [9.17, 15) is 13.2 Å². The first-order chi connectivity index (χ1) is 12.6. The summed E-state index contributed by atoms with van der Waals surface area (Å²) in [6, 6.07) is 6.16. The summed E-state index contributed by atoms with van der Waals surface area (Å²) < 4.78 is 36.5. The number of carbonyl (C=O) groups excluding carboxylic acids is 1. The van der Waals surface area contributed by atoms with Crippen LogP contribution in [0.3, 0.4) is 0 Å². The maximum Gasteiger partial charge on any atom is 0.260 e. The molecule has 0 atom stereocenters. The lowest BCUT2D eigenvalue weighted by molar-refractivity contribution is -0.119. The highest BCUT2D eigenvalue weighted by Crippen LogP contribution is 2.32. The Hall–Kier alpha value is -2.04. The molecule has 0 bridgehead atoms. The molecule has 0 aliphatic carbocycles. The molecule has 0 aliphatic heterocycles. The summed E-state index contributed by atoms with van der Waals surface area (Å²) in [4.78, 5) is 12.2. The molecular formula is C16H17BrClN3O5S. The number of anilines is 1. The fraction of sp³-hybridized carbons (Fsp3) is 0.250. The minimum Gasteiger partial charge on any atom is -0.495 e. The van der Waals surface area contributed by atoms with Crippen molar-refractivity contribution in [3.8, 4) is 5.75 Å². The number of amides is 1. The normalized spacial score (nSPS) is 11.6. The minimum atomic E-state index is -3.78. The predicted molar refractivity (Wildman–Crippen MR) is 107 cm³/mol. The number of hydrogen-bond acceptors (Lipinski definition) is 6. The van der Waals surface area contributed by atoms with E-state index in [1.165, 1.54) is 25.5 Å². The molecule has 1 aromatic heterocycles. The van der Waals surface area contributed by atoms with Crippen molar-refractivity contribution in [2.75, 3.05) is 24.2 Å². The van der Waals surface area contributed by atoms with Crippen LogP contribution in [0.15, 0.2) is 38.3 Å². The molecule has 0 fully saturated rings. The number of ether oxygens (including phenoxy) is 1. The lowest BCUT2D eigenvalue weighted by Crippen LogP contribution is -2.39. The van der Waals surface area contributed by atoms with Crippen molar-refractivity contribution in [2.45, 2.75) is 6.92 Å². The van der Waals surface area contributed by atoms with Crippen LogP contribution in [-0.2, 0) is 14.8 Å². The summed E-state index contributed by atoms with van der Waals surface area (Å²) in [5.41, 5.74) is 2.41. The number of furan rings is 1. The number of nitrogens with zero attached hydrogens (tertiary/aromatic N) is 2. The van der Waals surface area contributed by atoms with Gasteiger partial charge in [-0.2, -0.15) is 5.10 Å². The third-order valence-electron chi connectivity index (χ3n) is 3.35. The van der Waals surface area contributed by atoms with Crippen molar-refractivity contribution in [1.29, 1.82) is 0 Å². The SMILES string of the molecule is COc1ccc(Cl)cc1N(CC(=O)N/N=C/c1cc(Br)c(C)o1)S(C)(=O)=O. The number of sulfonamides is 1. The molecule has 2 aromatic rings. The van der Waals surface area contributed by atoms with Crippen molar-refractivity contribution in [2.24, 2.45) is 5.10 Å². The van der Waals surface area contributed by atoms with Gasteiger partial charge in [0.1, 0.15) is 23.8 Å². The summed E-state index contributed by atoms with van der Waals surface area (Å²) in [5, 5.41) is 4.07. The summed E-state index contributed by atoms with van der Waals surface area (Å²) in [7, 11) is -2.39. The van der Waals surface area contributed by atoms with Gasteiger partial charge in [-0.15, -0.1) is 0 Å². The zero-order valence-electron chi connectivity index (χ0n) is 14.7. The van der Waals surface area contributed by atoms with E-state index in [2.05, 4.69) is 26.5 Å². The number of rotatable bonds is 7. The first kappa shape index (κ1) is 21.3. The third kappa shape index (κ3) is 5.72. The molecule has 1 N–H and O–H groups in total. The highest BCUT2D eigenvalue weighted by atomic mass is 79.9. The summed E-state index contributed by atoms with van der Waals surface area (Å²) >= 11 is 9.25. The summed E-state index contributed by atoms with van der Waals surface area (Å²) in [5.74, 6) is 0.702. The Labute approximate surface area is 170 Å².